The van der Waals surface area contributed by atoms with Crippen molar-refractivity contribution in [3.05, 3.63) is 0 Å². The molecule has 4 nitrogen and oxygen atoms in total. The minimum Gasteiger partial charge on any atom is -0.396 e. The van der Waals surface area contributed by atoms with Crippen LogP contribution in [0.5, 0.6) is 0 Å². The van der Waals surface area contributed by atoms with Crippen molar-refractivity contribution in [1.82, 2.24) is 10.2 Å². The van der Waals surface area contributed by atoms with Gasteiger partial charge in [0.25, 0.3) is 0 Å². The van der Waals surface area contributed by atoms with Gasteiger partial charge < -0.3 is 15.3 Å². The average Bonchev–Trinajstić information content (AvgIpc) is 2.94. The van der Waals surface area contributed by atoms with Gasteiger partial charge in [-0.3, -0.25) is 0 Å². The Bertz CT molecular complexity index is 293. The molecule has 0 aromatic heterocycles. The van der Waals surface area contributed by atoms with Gasteiger partial charge in [-0.15, -0.1) is 0 Å². The first-order valence-corrected chi connectivity index (χ1v) is 7.83. The first kappa shape index (κ1) is 14.6. The molecule has 0 unspecified atom stereocenters. The third-order valence-electron chi connectivity index (χ3n) is 5.19. The van der Waals surface area contributed by atoms with Crippen LogP contribution in [0.15, 0.2) is 0 Å². The first-order chi connectivity index (χ1) is 9.19. The Balaban J connectivity index is 1.75. The Morgan fingerprint density at radius 2 is 1.95 bits per heavy atom. The second kappa shape index (κ2) is 6.60. The Labute approximate surface area is 116 Å². The first-order valence-electron chi connectivity index (χ1n) is 7.83. The molecule has 2 N–H and O–H groups in total. The van der Waals surface area contributed by atoms with Crippen molar-refractivity contribution in [2.75, 3.05) is 26.2 Å². The Kier molecular flexibility index (Phi) is 5.08. The van der Waals surface area contributed by atoms with Gasteiger partial charge in [-0.2, -0.15) is 0 Å². The molecule has 2 rings (SSSR count). The van der Waals surface area contributed by atoms with Crippen molar-refractivity contribution < 1.29 is 9.90 Å². The maximum absolute atomic E-state index is 12.2. The Hall–Kier alpha value is -0.770. The van der Waals surface area contributed by atoms with E-state index >= 15 is 0 Å². The molecular weight excluding hydrogens is 240 g/mol. The van der Waals surface area contributed by atoms with E-state index in [1.54, 1.807) is 0 Å². The van der Waals surface area contributed by atoms with Gasteiger partial charge in [0, 0.05) is 26.2 Å². The van der Waals surface area contributed by atoms with Crippen LogP contribution >= 0.6 is 0 Å². The van der Waals surface area contributed by atoms with Crippen molar-refractivity contribution in [3.8, 4) is 0 Å². The van der Waals surface area contributed by atoms with E-state index in [4.69, 9.17) is 5.11 Å². The molecule has 1 saturated carbocycles. The van der Waals surface area contributed by atoms with Gasteiger partial charge in [0.15, 0.2) is 0 Å². The molecule has 0 aromatic carbocycles. The molecule has 2 fully saturated rings. The summed E-state index contributed by atoms with van der Waals surface area (Å²) in [6.07, 6.45) is 8.18. The normalized spacial score (nSPS) is 23.6. The summed E-state index contributed by atoms with van der Waals surface area (Å²) in [6.45, 7) is 4.91. The van der Waals surface area contributed by atoms with E-state index in [-0.39, 0.29) is 12.6 Å². The highest BCUT2D eigenvalue weighted by molar-refractivity contribution is 5.74. The largest absolute Gasteiger partial charge is 0.396 e. The fourth-order valence-corrected chi connectivity index (χ4v) is 3.47. The van der Waals surface area contributed by atoms with Crippen LogP contribution < -0.4 is 5.32 Å². The SMILES string of the molecule is CCC1(CNC(=O)N2CCC(CO)CC2)CCCC1. The van der Waals surface area contributed by atoms with E-state index in [1.807, 2.05) is 4.90 Å². The monoisotopic (exact) mass is 268 g/mol. The molecular formula is C15H28N2O2. The summed E-state index contributed by atoms with van der Waals surface area (Å²) < 4.78 is 0. The lowest BCUT2D eigenvalue weighted by molar-refractivity contribution is 0.134. The molecule has 19 heavy (non-hydrogen) atoms. The number of aliphatic hydroxyl groups is 1. The van der Waals surface area contributed by atoms with Crippen LogP contribution in [0.4, 0.5) is 4.79 Å². The number of nitrogens with zero attached hydrogens (tertiary/aromatic N) is 1. The van der Waals surface area contributed by atoms with Gasteiger partial charge in [0.1, 0.15) is 0 Å². The number of rotatable bonds is 4. The summed E-state index contributed by atoms with van der Waals surface area (Å²) in [7, 11) is 0. The molecule has 0 spiro atoms. The number of urea groups is 1. The molecule has 1 saturated heterocycles. The van der Waals surface area contributed by atoms with Crippen LogP contribution in [-0.2, 0) is 0 Å². The van der Waals surface area contributed by atoms with E-state index in [9.17, 15) is 4.79 Å². The molecule has 0 radical (unpaired) electrons. The van der Waals surface area contributed by atoms with Crippen LogP contribution in [-0.4, -0.2) is 42.3 Å². The van der Waals surface area contributed by atoms with Crippen molar-refractivity contribution in [3.63, 3.8) is 0 Å². The van der Waals surface area contributed by atoms with Crippen LogP contribution in [0.25, 0.3) is 0 Å². The van der Waals surface area contributed by atoms with Crippen LogP contribution in [0.3, 0.4) is 0 Å². The third kappa shape index (κ3) is 3.62. The van der Waals surface area contributed by atoms with Gasteiger partial charge >= 0.3 is 6.03 Å². The fraction of sp³-hybridized carbons (Fsp3) is 0.933. The molecule has 2 amide bonds. The third-order valence-corrected chi connectivity index (χ3v) is 5.19. The van der Waals surface area contributed by atoms with Crippen LogP contribution in [0.1, 0.15) is 51.9 Å². The highest BCUT2D eigenvalue weighted by atomic mass is 16.3. The van der Waals surface area contributed by atoms with Gasteiger partial charge in [-0.05, 0) is 43.4 Å². The summed E-state index contributed by atoms with van der Waals surface area (Å²) in [4.78, 5) is 14.1. The molecule has 1 heterocycles. The maximum atomic E-state index is 12.2. The lowest BCUT2D eigenvalue weighted by Gasteiger charge is -2.33. The Morgan fingerprint density at radius 3 is 2.47 bits per heavy atom. The second-order valence-corrected chi connectivity index (χ2v) is 6.33. The number of hydrogen-bond donors (Lipinski definition) is 2. The predicted molar refractivity (Wildman–Crippen MR) is 76.0 cm³/mol. The number of amides is 2. The molecule has 0 bridgehead atoms. The average molecular weight is 268 g/mol. The zero-order valence-corrected chi connectivity index (χ0v) is 12.2. The van der Waals surface area contributed by atoms with E-state index in [2.05, 4.69) is 12.2 Å². The Morgan fingerprint density at radius 1 is 1.32 bits per heavy atom. The van der Waals surface area contributed by atoms with Crippen molar-refractivity contribution in [2.24, 2.45) is 11.3 Å². The molecule has 0 atom stereocenters. The number of aliphatic hydroxyl groups excluding tert-OH is 1. The van der Waals surface area contributed by atoms with Gasteiger partial charge in [0.2, 0.25) is 0 Å². The number of nitrogens with one attached hydrogen (secondary N) is 1. The van der Waals surface area contributed by atoms with E-state index in [1.165, 1.54) is 32.1 Å². The molecule has 0 aromatic rings. The molecule has 1 aliphatic heterocycles. The zero-order valence-electron chi connectivity index (χ0n) is 12.2. The molecule has 110 valence electrons. The number of carbonyl (C=O) groups is 1. The van der Waals surface area contributed by atoms with Crippen molar-refractivity contribution in [1.29, 1.82) is 0 Å². The highest BCUT2D eigenvalue weighted by Crippen LogP contribution is 2.40. The lowest BCUT2D eigenvalue weighted by atomic mass is 9.83. The summed E-state index contributed by atoms with van der Waals surface area (Å²) in [5, 5.41) is 12.3. The minimum absolute atomic E-state index is 0.0936. The van der Waals surface area contributed by atoms with Gasteiger partial charge in [-0.1, -0.05) is 19.8 Å². The predicted octanol–water partition coefficient (Wildman–Crippen LogP) is 2.37. The topological polar surface area (TPSA) is 52.6 Å². The van der Waals surface area contributed by atoms with Crippen molar-refractivity contribution >= 4 is 6.03 Å². The van der Waals surface area contributed by atoms with Crippen LogP contribution in [0, 0.1) is 11.3 Å². The van der Waals surface area contributed by atoms with Crippen LogP contribution in [0.2, 0.25) is 0 Å². The summed E-state index contributed by atoms with van der Waals surface area (Å²) >= 11 is 0. The number of likely N-dealkylation sites (tertiary alicyclic amines) is 1. The number of piperidine rings is 1. The molecule has 1 aliphatic carbocycles. The molecule has 2 aliphatic rings. The van der Waals surface area contributed by atoms with Gasteiger partial charge in [-0.25, -0.2) is 4.79 Å². The fourth-order valence-electron chi connectivity index (χ4n) is 3.47. The van der Waals surface area contributed by atoms with Gasteiger partial charge in [0.05, 0.1) is 0 Å². The number of carbonyl (C=O) groups excluding carboxylic acids is 1. The molecule has 4 heteroatoms. The standard InChI is InChI=1S/C15H28N2O2/c1-2-15(7-3-4-8-15)12-16-14(19)17-9-5-13(11-18)6-10-17/h13,18H,2-12H2,1H3,(H,16,19). The lowest BCUT2D eigenvalue weighted by Crippen LogP contribution is -2.47. The smallest absolute Gasteiger partial charge is 0.317 e. The van der Waals surface area contributed by atoms with E-state index in [0.29, 0.717) is 11.3 Å². The number of hydrogen-bond acceptors (Lipinski definition) is 2. The quantitative estimate of drug-likeness (QED) is 0.822. The van der Waals surface area contributed by atoms with Crippen molar-refractivity contribution in [2.45, 2.75) is 51.9 Å². The summed E-state index contributed by atoms with van der Waals surface area (Å²) in [6, 6.07) is 0.0936. The summed E-state index contributed by atoms with van der Waals surface area (Å²) in [5.41, 5.74) is 0.360. The second-order valence-electron chi connectivity index (χ2n) is 6.33. The summed E-state index contributed by atoms with van der Waals surface area (Å²) in [5.74, 6) is 0.390. The van der Waals surface area contributed by atoms with E-state index in [0.717, 1.165) is 32.5 Å². The van der Waals surface area contributed by atoms with E-state index < -0.39 is 0 Å². The highest BCUT2D eigenvalue weighted by Gasteiger charge is 2.33. The zero-order chi connectivity index (χ0) is 13.7. The maximum Gasteiger partial charge on any atom is 0.317 e. The minimum atomic E-state index is 0.0936.